The average Bonchev–Trinajstić information content (AvgIpc) is 3.17. The van der Waals surface area contributed by atoms with Crippen LogP contribution >= 0.6 is 0 Å². The van der Waals surface area contributed by atoms with E-state index in [9.17, 15) is 9.59 Å². The highest BCUT2D eigenvalue weighted by Crippen LogP contribution is 2.14. The van der Waals surface area contributed by atoms with Crippen LogP contribution in [-0.2, 0) is 13.1 Å². The van der Waals surface area contributed by atoms with Crippen molar-refractivity contribution in [3.63, 3.8) is 0 Å². The van der Waals surface area contributed by atoms with Crippen molar-refractivity contribution in [3.05, 3.63) is 101 Å². The van der Waals surface area contributed by atoms with E-state index in [1.807, 2.05) is 49.4 Å². The summed E-state index contributed by atoms with van der Waals surface area (Å²) in [7, 11) is 0. The zero-order valence-electron chi connectivity index (χ0n) is 16.5. The van der Waals surface area contributed by atoms with E-state index in [2.05, 4.69) is 20.6 Å². The number of rotatable bonds is 6. The number of pyridine rings is 2. The Labute approximate surface area is 173 Å². The molecule has 7 nitrogen and oxygen atoms in total. The fraction of sp³-hybridized carbons (Fsp3) is 0.130. The van der Waals surface area contributed by atoms with Gasteiger partial charge in [-0.05, 0) is 42.3 Å². The first-order chi connectivity index (χ1) is 14.6. The number of carbonyl (C=O) groups is 2. The number of nitrogens with one attached hydrogen (secondary N) is 2. The standard InChI is InChI=1S/C23H21N5O2/c1-16-5-7-17(8-6-16)14-26-23(30)21-27-20(19-4-2-3-13-28(19)21)22(29)25-15-18-9-11-24-12-10-18/h2-13H,14-15H2,1H3,(H,25,29)(H,26,30). The number of amides is 2. The van der Waals surface area contributed by atoms with Crippen molar-refractivity contribution in [3.8, 4) is 0 Å². The molecular formula is C23H21N5O2. The first kappa shape index (κ1) is 19.3. The monoisotopic (exact) mass is 399 g/mol. The number of aryl methyl sites for hydroxylation is 1. The van der Waals surface area contributed by atoms with Crippen LogP contribution in [0.25, 0.3) is 5.52 Å². The molecule has 0 aliphatic heterocycles. The van der Waals surface area contributed by atoms with Crippen molar-refractivity contribution in [1.82, 2.24) is 25.0 Å². The Kier molecular flexibility index (Phi) is 5.52. The van der Waals surface area contributed by atoms with Crippen molar-refractivity contribution >= 4 is 17.3 Å². The van der Waals surface area contributed by atoms with Crippen molar-refractivity contribution < 1.29 is 9.59 Å². The molecule has 1 aromatic carbocycles. The van der Waals surface area contributed by atoms with Gasteiger partial charge in [0, 0.05) is 31.7 Å². The molecule has 0 radical (unpaired) electrons. The molecule has 0 saturated carbocycles. The van der Waals surface area contributed by atoms with Gasteiger partial charge < -0.3 is 10.6 Å². The van der Waals surface area contributed by atoms with Gasteiger partial charge in [0.2, 0.25) is 5.82 Å². The van der Waals surface area contributed by atoms with E-state index in [1.165, 1.54) is 0 Å². The number of nitrogens with zero attached hydrogens (tertiary/aromatic N) is 3. The summed E-state index contributed by atoms with van der Waals surface area (Å²) in [6, 6.07) is 17.0. The predicted molar refractivity (Wildman–Crippen MR) is 113 cm³/mol. The van der Waals surface area contributed by atoms with E-state index in [4.69, 9.17) is 0 Å². The number of hydrogen-bond donors (Lipinski definition) is 2. The molecule has 0 saturated heterocycles. The molecule has 0 aliphatic rings. The summed E-state index contributed by atoms with van der Waals surface area (Å²) in [5.74, 6) is -0.509. The SMILES string of the molecule is Cc1ccc(CNC(=O)c2nc(C(=O)NCc3ccncc3)c3ccccn23)cc1. The maximum Gasteiger partial charge on any atom is 0.287 e. The number of fused-ring (bicyclic) bond motifs is 1. The van der Waals surface area contributed by atoms with Crippen molar-refractivity contribution in [2.45, 2.75) is 20.0 Å². The van der Waals surface area contributed by atoms with Gasteiger partial charge in [-0.15, -0.1) is 0 Å². The molecule has 0 bridgehead atoms. The summed E-state index contributed by atoms with van der Waals surface area (Å²) in [6.07, 6.45) is 5.07. The van der Waals surface area contributed by atoms with Gasteiger partial charge >= 0.3 is 0 Å². The lowest BCUT2D eigenvalue weighted by Gasteiger charge is -2.05. The minimum absolute atomic E-state index is 0.173. The Morgan fingerprint density at radius 1 is 0.867 bits per heavy atom. The molecule has 0 spiro atoms. The maximum absolute atomic E-state index is 12.8. The highest BCUT2D eigenvalue weighted by molar-refractivity contribution is 6.02. The summed E-state index contributed by atoms with van der Waals surface area (Å²) < 4.78 is 1.63. The molecule has 3 heterocycles. The number of benzene rings is 1. The van der Waals surface area contributed by atoms with Crippen LogP contribution in [-0.4, -0.2) is 26.2 Å². The van der Waals surface area contributed by atoms with Gasteiger partial charge in [-0.1, -0.05) is 35.9 Å². The minimum Gasteiger partial charge on any atom is -0.347 e. The minimum atomic E-state index is -0.343. The molecule has 0 atom stereocenters. The highest BCUT2D eigenvalue weighted by atomic mass is 16.2. The normalized spacial score (nSPS) is 10.7. The first-order valence-corrected chi connectivity index (χ1v) is 9.60. The Hall–Kier alpha value is -4.00. The lowest BCUT2D eigenvalue weighted by atomic mass is 10.1. The van der Waals surface area contributed by atoms with E-state index >= 15 is 0 Å². The van der Waals surface area contributed by atoms with Crippen LogP contribution in [0.2, 0.25) is 0 Å². The lowest BCUT2D eigenvalue weighted by Crippen LogP contribution is -2.26. The summed E-state index contributed by atoms with van der Waals surface area (Å²) in [5, 5.41) is 5.72. The summed E-state index contributed by atoms with van der Waals surface area (Å²) in [6.45, 7) is 2.74. The van der Waals surface area contributed by atoms with E-state index in [1.54, 1.807) is 35.1 Å². The molecule has 2 amide bonds. The summed E-state index contributed by atoms with van der Waals surface area (Å²) >= 11 is 0. The molecule has 0 fully saturated rings. The zero-order valence-corrected chi connectivity index (χ0v) is 16.5. The van der Waals surface area contributed by atoms with Crippen LogP contribution in [0.5, 0.6) is 0 Å². The molecular weight excluding hydrogens is 378 g/mol. The Balaban J connectivity index is 1.53. The predicted octanol–water partition coefficient (Wildman–Crippen LogP) is 2.90. The third kappa shape index (κ3) is 4.20. The lowest BCUT2D eigenvalue weighted by molar-refractivity contribution is 0.0939. The quantitative estimate of drug-likeness (QED) is 0.522. The molecule has 3 aromatic heterocycles. The number of carbonyl (C=O) groups excluding carboxylic acids is 2. The van der Waals surface area contributed by atoms with Crippen LogP contribution in [0.15, 0.2) is 73.2 Å². The molecule has 0 aliphatic carbocycles. The molecule has 2 N–H and O–H groups in total. The van der Waals surface area contributed by atoms with Crippen LogP contribution in [0.3, 0.4) is 0 Å². The molecule has 4 aromatic rings. The second kappa shape index (κ2) is 8.57. The largest absolute Gasteiger partial charge is 0.347 e. The van der Waals surface area contributed by atoms with Crippen molar-refractivity contribution in [1.29, 1.82) is 0 Å². The Bertz CT molecular complexity index is 1180. The number of imidazole rings is 1. The molecule has 30 heavy (non-hydrogen) atoms. The van der Waals surface area contributed by atoms with E-state index in [0.717, 1.165) is 16.7 Å². The van der Waals surface area contributed by atoms with Gasteiger partial charge in [0.25, 0.3) is 11.8 Å². The summed E-state index contributed by atoms with van der Waals surface area (Å²) in [5.41, 5.74) is 3.87. The van der Waals surface area contributed by atoms with Gasteiger partial charge in [-0.3, -0.25) is 19.0 Å². The van der Waals surface area contributed by atoms with Gasteiger partial charge in [-0.2, -0.15) is 0 Å². The number of hydrogen-bond acceptors (Lipinski definition) is 4. The Morgan fingerprint density at radius 2 is 1.53 bits per heavy atom. The third-order valence-corrected chi connectivity index (χ3v) is 4.74. The topological polar surface area (TPSA) is 88.4 Å². The zero-order chi connectivity index (χ0) is 20.9. The molecule has 150 valence electrons. The van der Waals surface area contributed by atoms with Crippen LogP contribution in [0.1, 0.15) is 37.8 Å². The van der Waals surface area contributed by atoms with Crippen molar-refractivity contribution in [2.24, 2.45) is 0 Å². The van der Waals surface area contributed by atoms with Crippen LogP contribution in [0.4, 0.5) is 0 Å². The Morgan fingerprint density at radius 3 is 2.27 bits per heavy atom. The van der Waals surface area contributed by atoms with Gasteiger partial charge in [-0.25, -0.2) is 4.98 Å². The van der Waals surface area contributed by atoms with E-state index < -0.39 is 0 Å². The van der Waals surface area contributed by atoms with E-state index in [0.29, 0.717) is 18.6 Å². The van der Waals surface area contributed by atoms with Crippen LogP contribution < -0.4 is 10.6 Å². The maximum atomic E-state index is 12.8. The molecule has 7 heteroatoms. The highest BCUT2D eigenvalue weighted by Gasteiger charge is 2.21. The van der Waals surface area contributed by atoms with Gasteiger partial charge in [0.1, 0.15) is 0 Å². The fourth-order valence-corrected chi connectivity index (χ4v) is 3.10. The van der Waals surface area contributed by atoms with E-state index in [-0.39, 0.29) is 23.3 Å². The first-order valence-electron chi connectivity index (χ1n) is 9.60. The second-order valence-corrected chi connectivity index (χ2v) is 6.95. The third-order valence-electron chi connectivity index (χ3n) is 4.74. The summed E-state index contributed by atoms with van der Waals surface area (Å²) in [4.78, 5) is 33.8. The average molecular weight is 399 g/mol. The van der Waals surface area contributed by atoms with Gasteiger partial charge in [0.15, 0.2) is 5.69 Å². The fourth-order valence-electron chi connectivity index (χ4n) is 3.10. The second-order valence-electron chi connectivity index (χ2n) is 6.95. The molecule has 4 rings (SSSR count). The number of aromatic nitrogens is 3. The molecule has 0 unspecified atom stereocenters. The smallest absolute Gasteiger partial charge is 0.287 e. The van der Waals surface area contributed by atoms with Crippen molar-refractivity contribution in [2.75, 3.05) is 0 Å². The van der Waals surface area contributed by atoms with Gasteiger partial charge in [0.05, 0.1) is 5.52 Å². The van der Waals surface area contributed by atoms with Crippen LogP contribution in [0, 0.1) is 6.92 Å².